The van der Waals surface area contributed by atoms with Crippen molar-refractivity contribution in [3.63, 3.8) is 0 Å². The van der Waals surface area contributed by atoms with E-state index < -0.39 is 40.5 Å². The zero-order valence-electron chi connectivity index (χ0n) is 33.9. The predicted octanol–water partition coefficient (Wildman–Crippen LogP) is 16.4. The minimum Gasteiger partial charge on any atom is -0.307 e. The number of para-hydroxylation sites is 4. The van der Waals surface area contributed by atoms with Gasteiger partial charge >= 0.3 is 12.4 Å². The molecule has 65 heavy (non-hydrogen) atoms. The van der Waals surface area contributed by atoms with Crippen LogP contribution in [0, 0.1) is 11.6 Å². The molecule has 0 bridgehead atoms. The Hall–Kier alpha value is -7.72. The van der Waals surface area contributed by atoms with Crippen LogP contribution in [0.5, 0.6) is 0 Å². The van der Waals surface area contributed by atoms with Gasteiger partial charge in [0.1, 0.15) is 11.6 Å². The molecule has 2 aliphatic carbocycles. The smallest absolute Gasteiger partial charge is 0.307 e. The van der Waals surface area contributed by atoms with Crippen molar-refractivity contribution < 1.29 is 35.1 Å². The zero-order valence-corrected chi connectivity index (χ0v) is 33.9. The molecule has 0 aliphatic heterocycles. The van der Waals surface area contributed by atoms with Crippen molar-refractivity contribution in [2.24, 2.45) is 0 Å². The molecule has 0 radical (unpaired) electrons. The van der Waals surface area contributed by atoms with Crippen LogP contribution in [0.4, 0.5) is 69.2 Å². The first-order chi connectivity index (χ1) is 31.4. The Morgan fingerprint density at radius 3 is 1.26 bits per heavy atom. The lowest BCUT2D eigenvalue weighted by Crippen LogP contribution is -2.32. The van der Waals surface area contributed by atoms with Crippen LogP contribution in [0.1, 0.15) is 33.4 Å². The van der Waals surface area contributed by atoms with Gasteiger partial charge in [0.15, 0.2) is 0 Å². The maximum atomic E-state index is 16.1. The lowest BCUT2D eigenvalue weighted by molar-refractivity contribution is -0.137. The highest BCUT2D eigenvalue weighted by atomic mass is 19.4. The molecule has 0 saturated heterocycles. The monoisotopic (exact) mass is 872 g/mol. The first-order valence-electron chi connectivity index (χ1n) is 20.7. The zero-order chi connectivity index (χ0) is 44.8. The van der Waals surface area contributed by atoms with E-state index in [2.05, 4.69) is 0 Å². The maximum absolute atomic E-state index is 16.1. The van der Waals surface area contributed by atoms with Gasteiger partial charge in [0.2, 0.25) is 0 Å². The molecule has 318 valence electrons. The largest absolute Gasteiger partial charge is 0.418 e. The van der Waals surface area contributed by atoms with Crippen LogP contribution in [0.3, 0.4) is 0 Å². The summed E-state index contributed by atoms with van der Waals surface area (Å²) in [4.78, 5) is 2.55. The number of rotatable bonds is 6. The van der Waals surface area contributed by atoms with Gasteiger partial charge in [0.25, 0.3) is 0 Å². The van der Waals surface area contributed by atoms with Gasteiger partial charge in [-0.25, -0.2) is 8.78 Å². The Kier molecular flexibility index (Phi) is 9.05. The number of anilines is 6. The summed E-state index contributed by atoms with van der Waals surface area (Å²) in [6, 6.07) is 51.5. The Bertz CT molecular complexity index is 3370. The third-order valence-corrected chi connectivity index (χ3v) is 12.6. The van der Waals surface area contributed by atoms with Gasteiger partial charge in [-0.1, -0.05) is 121 Å². The van der Waals surface area contributed by atoms with Crippen molar-refractivity contribution in [2.75, 3.05) is 9.80 Å². The molecule has 0 heterocycles. The van der Waals surface area contributed by atoms with Crippen LogP contribution in [0.2, 0.25) is 0 Å². The van der Waals surface area contributed by atoms with E-state index in [0.29, 0.717) is 11.1 Å². The third kappa shape index (κ3) is 6.07. The van der Waals surface area contributed by atoms with Gasteiger partial charge < -0.3 is 9.80 Å². The molecule has 10 heteroatoms. The molecular weight excluding hydrogens is 841 g/mol. The van der Waals surface area contributed by atoms with E-state index >= 15 is 8.78 Å². The fraction of sp³-hybridized carbons (Fsp3) is 0.0545. The summed E-state index contributed by atoms with van der Waals surface area (Å²) in [6.07, 6.45) is -9.61. The Balaban J connectivity index is 1.26. The fourth-order valence-corrected chi connectivity index (χ4v) is 10.1. The van der Waals surface area contributed by atoms with Crippen molar-refractivity contribution in [1.29, 1.82) is 0 Å². The lowest BCUT2D eigenvalue weighted by Gasteiger charge is -2.41. The average molecular weight is 873 g/mol. The third-order valence-electron chi connectivity index (χ3n) is 12.6. The molecule has 0 N–H and O–H groups in total. The summed E-state index contributed by atoms with van der Waals surface area (Å²) in [7, 11) is 0. The van der Waals surface area contributed by atoms with Crippen LogP contribution >= 0.6 is 0 Å². The molecule has 9 aromatic carbocycles. The molecule has 2 aliphatic rings. The van der Waals surface area contributed by atoms with E-state index in [1.165, 1.54) is 82.6 Å². The van der Waals surface area contributed by atoms with E-state index in [1.807, 2.05) is 72.8 Å². The van der Waals surface area contributed by atoms with E-state index in [1.54, 1.807) is 36.4 Å². The van der Waals surface area contributed by atoms with Crippen LogP contribution in [0.15, 0.2) is 194 Å². The molecule has 0 saturated carbocycles. The number of hydrogen-bond acceptors (Lipinski definition) is 2. The van der Waals surface area contributed by atoms with E-state index in [9.17, 15) is 26.3 Å². The molecule has 1 unspecified atom stereocenters. The number of halogens is 8. The second-order valence-electron chi connectivity index (χ2n) is 16.1. The van der Waals surface area contributed by atoms with Gasteiger partial charge in [-0.3, -0.25) is 0 Å². The normalized spacial score (nSPS) is 14.8. The number of benzene rings is 9. The van der Waals surface area contributed by atoms with Gasteiger partial charge in [-0.15, -0.1) is 0 Å². The van der Waals surface area contributed by atoms with Crippen LogP contribution < -0.4 is 9.80 Å². The summed E-state index contributed by atoms with van der Waals surface area (Å²) in [5.41, 5.74) is 2.53. The fourth-order valence-electron chi connectivity index (χ4n) is 10.1. The first-order valence-corrected chi connectivity index (χ1v) is 20.7. The van der Waals surface area contributed by atoms with Gasteiger partial charge in [-0.2, -0.15) is 26.3 Å². The summed E-state index contributed by atoms with van der Waals surface area (Å²) >= 11 is 0. The van der Waals surface area contributed by atoms with E-state index in [0.717, 1.165) is 56.3 Å². The standard InChI is InChI=1S/C55H32F8N2/c56-46-21-5-9-25-50(46)64(48-23-7-3-18-41(48)54(58,59)60)34-27-29-37-36-15-1-2-17-40(36)53(44(37)31-34)43-20-12-14-33-13-11-16-39(52(33)43)38-30-28-35(32-45(38)53)65(51-26-10-6-22-47(51)57)49-24-8-4-19-42(49)55(61,62)63/h1-32H. The number of hydrogen-bond donors (Lipinski definition) is 0. The van der Waals surface area contributed by atoms with Crippen molar-refractivity contribution in [3.8, 4) is 22.3 Å². The minimum absolute atomic E-state index is 0.114. The molecule has 0 amide bonds. The Morgan fingerprint density at radius 2 is 0.738 bits per heavy atom. The second kappa shape index (κ2) is 14.7. The highest BCUT2D eigenvalue weighted by Crippen LogP contribution is 2.63. The van der Waals surface area contributed by atoms with Crippen molar-refractivity contribution in [1.82, 2.24) is 0 Å². The van der Waals surface area contributed by atoms with Crippen molar-refractivity contribution in [2.45, 2.75) is 17.8 Å². The summed E-state index contributed by atoms with van der Waals surface area (Å²) < 4.78 is 122. The van der Waals surface area contributed by atoms with E-state index in [4.69, 9.17) is 0 Å². The summed E-state index contributed by atoms with van der Waals surface area (Å²) in [5.74, 6) is -1.50. The second-order valence-corrected chi connectivity index (χ2v) is 16.1. The van der Waals surface area contributed by atoms with Gasteiger partial charge in [0, 0.05) is 11.4 Å². The van der Waals surface area contributed by atoms with Crippen molar-refractivity contribution >= 4 is 44.9 Å². The molecular formula is C55H32F8N2. The van der Waals surface area contributed by atoms with Crippen molar-refractivity contribution in [3.05, 3.63) is 239 Å². The average Bonchev–Trinajstić information content (AvgIpc) is 3.59. The van der Waals surface area contributed by atoms with Gasteiger partial charge in [-0.05, 0) is 128 Å². The molecule has 1 atom stereocenters. The Labute approximate surface area is 367 Å². The number of fused-ring (bicyclic) bond motifs is 9. The molecule has 9 aromatic rings. The molecule has 0 fully saturated rings. The van der Waals surface area contributed by atoms with Crippen LogP contribution in [-0.4, -0.2) is 0 Å². The highest BCUT2D eigenvalue weighted by molar-refractivity contribution is 6.07. The minimum atomic E-state index is -4.81. The SMILES string of the molecule is Fc1ccccc1N(c1ccc2c(c1)C1(c3ccccc3-2)c2cc(N(c3ccccc3F)c3ccccc3C(F)(F)F)ccc2-c2cccc3cccc1c23)c1ccccc1C(F)(F)F. The van der Waals surface area contributed by atoms with Crippen LogP contribution in [0.25, 0.3) is 33.0 Å². The quantitative estimate of drug-likeness (QED) is 0.154. The Morgan fingerprint density at radius 1 is 0.338 bits per heavy atom. The molecule has 2 nitrogen and oxygen atoms in total. The molecule has 0 aromatic heterocycles. The van der Waals surface area contributed by atoms with E-state index in [-0.39, 0.29) is 34.1 Å². The summed E-state index contributed by atoms with van der Waals surface area (Å²) in [6.45, 7) is 0. The predicted molar refractivity (Wildman–Crippen MR) is 240 cm³/mol. The molecule has 11 rings (SSSR count). The number of nitrogens with zero attached hydrogens (tertiary/aromatic N) is 2. The first kappa shape index (κ1) is 40.1. The molecule has 1 spiro atoms. The summed E-state index contributed by atoms with van der Waals surface area (Å²) in [5, 5.41) is 1.82. The lowest BCUT2D eigenvalue weighted by atomic mass is 9.61. The number of alkyl halides is 6. The maximum Gasteiger partial charge on any atom is 0.418 e. The highest BCUT2D eigenvalue weighted by Gasteiger charge is 2.51. The van der Waals surface area contributed by atoms with Gasteiger partial charge in [0.05, 0.1) is 39.3 Å². The topological polar surface area (TPSA) is 6.48 Å². The van der Waals surface area contributed by atoms with Crippen LogP contribution in [-0.2, 0) is 17.8 Å².